The monoisotopic (exact) mass is 242 g/mol. The number of carbonyl (C=O) groups excluding carboxylic acids is 1. The Morgan fingerprint density at radius 2 is 1.82 bits per heavy atom. The molecule has 0 bridgehead atoms. The van der Waals surface area contributed by atoms with Crippen molar-refractivity contribution in [3.8, 4) is 0 Å². The van der Waals surface area contributed by atoms with Crippen molar-refractivity contribution >= 4 is 11.9 Å². The van der Waals surface area contributed by atoms with E-state index in [1.165, 1.54) is 6.92 Å². The standard InChI is InChI=1S/C13H22O4/c1-7(12(15)16)10-6-11(13(10,4)5)8(2)17-9(3)14/h7-8,10-11H,6H2,1-5H3,(H,15,16). The molecule has 0 heterocycles. The molecule has 0 spiro atoms. The number of carbonyl (C=O) groups is 2. The zero-order chi connectivity index (χ0) is 13.4. The predicted molar refractivity (Wildman–Crippen MR) is 63.4 cm³/mol. The van der Waals surface area contributed by atoms with E-state index in [2.05, 4.69) is 13.8 Å². The van der Waals surface area contributed by atoms with Crippen LogP contribution in [0.15, 0.2) is 0 Å². The van der Waals surface area contributed by atoms with E-state index in [1.54, 1.807) is 6.92 Å². The molecule has 0 amide bonds. The minimum Gasteiger partial charge on any atom is -0.481 e. The first-order valence-electron chi connectivity index (χ1n) is 6.08. The Balaban J connectivity index is 2.66. The third-order valence-electron chi connectivity index (χ3n) is 4.33. The van der Waals surface area contributed by atoms with Crippen LogP contribution in [-0.2, 0) is 14.3 Å². The number of aliphatic carboxylic acids is 1. The Morgan fingerprint density at radius 3 is 2.18 bits per heavy atom. The Bertz CT molecular complexity index is 321. The van der Waals surface area contributed by atoms with Gasteiger partial charge in [-0.2, -0.15) is 0 Å². The van der Waals surface area contributed by atoms with Crippen molar-refractivity contribution in [2.75, 3.05) is 0 Å². The molecule has 98 valence electrons. The molecule has 0 aromatic heterocycles. The molecule has 4 nitrogen and oxygen atoms in total. The SMILES string of the molecule is CC(=O)OC(C)C1CC(C(C)C(=O)O)C1(C)C. The summed E-state index contributed by atoms with van der Waals surface area (Å²) in [5.41, 5.74) is -0.0906. The molecule has 0 aromatic rings. The molecule has 1 N–H and O–H groups in total. The molecular formula is C13H22O4. The Labute approximate surface area is 102 Å². The van der Waals surface area contributed by atoms with Crippen molar-refractivity contribution in [2.45, 2.75) is 47.1 Å². The van der Waals surface area contributed by atoms with Gasteiger partial charge in [0.05, 0.1) is 5.92 Å². The lowest BCUT2D eigenvalue weighted by molar-refractivity contribution is -0.172. The fourth-order valence-corrected chi connectivity index (χ4v) is 3.16. The van der Waals surface area contributed by atoms with Gasteiger partial charge in [-0.25, -0.2) is 0 Å². The van der Waals surface area contributed by atoms with Gasteiger partial charge in [-0.3, -0.25) is 9.59 Å². The van der Waals surface area contributed by atoms with Crippen LogP contribution in [-0.4, -0.2) is 23.1 Å². The Morgan fingerprint density at radius 1 is 1.29 bits per heavy atom. The van der Waals surface area contributed by atoms with E-state index in [0.29, 0.717) is 0 Å². The summed E-state index contributed by atoms with van der Waals surface area (Å²) in [5, 5.41) is 9.03. The quantitative estimate of drug-likeness (QED) is 0.768. The second-order valence-electron chi connectivity index (χ2n) is 5.71. The molecule has 4 unspecified atom stereocenters. The van der Waals surface area contributed by atoms with Crippen LogP contribution in [0.3, 0.4) is 0 Å². The largest absolute Gasteiger partial charge is 0.481 e. The van der Waals surface area contributed by atoms with Crippen molar-refractivity contribution in [2.24, 2.45) is 23.2 Å². The van der Waals surface area contributed by atoms with E-state index in [0.717, 1.165) is 6.42 Å². The van der Waals surface area contributed by atoms with Crippen LogP contribution in [0.1, 0.15) is 41.0 Å². The van der Waals surface area contributed by atoms with Crippen LogP contribution in [0.2, 0.25) is 0 Å². The number of hydrogen-bond donors (Lipinski definition) is 1. The van der Waals surface area contributed by atoms with Gasteiger partial charge in [0, 0.05) is 12.8 Å². The number of rotatable bonds is 4. The molecule has 1 fully saturated rings. The maximum atomic E-state index is 11.0. The van der Waals surface area contributed by atoms with Gasteiger partial charge in [-0.15, -0.1) is 0 Å². The van der Waals surface area contributed by atoms with E-state index in [1.807, 2.05) is 6.92 Å². The maximum absolute atomic E-state index is 11.0. The number of hydrogen-bond acceptors (Lipinski definition) is 3. The number of ether oxygens (including phenoxy) is 1. The molecule has 0 aliphatic heterocycles. The zero-order valence-corrected chi connectivity index (χ0v) is 11.2. The average Bonchev–Trinajstić information content (AvgIpc) is 2.14. The number of carboxylic acids is 1. The predicted octanol–water partition coefficient (Wildman–Crippen LogP) is 2.32. The van der Waals surface area contributed by atoms with Gasteiger partial charge in [-0.1, -0.05) is 20.8 Å². The number of esters is 1. The number of carboxylic acid groups (broad SMARTS) is 1. The van der Waals surface area contributed by atoms with E-state index < -0.39 is 5.97 Å². The van der Waals surface area contributed by atoms with Gasteiger partial charge in [-0.05, 0) is 24.7 Å². The Kier molecular flexibility index (Phi) is 3.84. The molecule has 1 aliphatic carbocycles. The van der Waals surface area contributed by atoms with Crippen molar-refractivity contribution < 1.29 is 19.4 Å². The second kappa shape index (κ2) is 4.67. The first-order chi connectivity index (χ1) is 7.67. The maximum Gasteiger partial charge on any atom is 0.306 e. The molecule has 4 atom stereocenters. The first kappa shape index (κ1) is 14.0. The molecule has 0 saturated heterocycles. The topological polar surface area (TPSA) is 63.6 Å². The summed E-state index contributed by atoms with van der Waals surface area (Å²) in [6.07, 6.45) is 0.675. The van der Waals surface area contributed by atoms with Gasteiger partial charge in [0.1, 0.15) is 6.10 Å². The van der Waals surface area contributed by atoms with Crippen LogP contribution in [0.5, 0.6) is 0 Å². The summed E-state index contributed by atoms with van der Waals surface area (Å²) in [6, 6.07) is 0. The first-order valence-corrected chi connectivity index (χ1v) is 6.08. The lowest BCUT2D eigenvalue weighted by atomic mass is 9.50. The molecule has 1 saturated carbocycles. The highest BCUT2D eigenvalue weighted by Gasteiger charge is 2.54. The Hall–Kier alpha value is -1.06. The van der Waals surface area contributed by atoms with E-state index >= 15 is 0 Å². The molecule has 17 heavy (non-hydrogen) atoms. The highest BCUT2D eigenvalue weighted by atomic mass is 16.5. The molecule has 0 aromatic carbocycles. The fourth-order valence-electron chi connectivity index (χ4n) is 3.16. The van der Waals surface area contributed by atoms with Crippen LogP contribution < -0.4 is 0 Å². The van der Waals surface area contributed by atoms with Crippen LogP contribution in [0.4, 0.5) is 0 Å². The van der Waals surface area contributed by atoms with E-state index in [-0.39, 0.29) is 35.2 Å². The highest BCUT2D eigenvalue weighted by Crippen LogP contribution is 2.56. The molecule has 1 rings (SSSR count). The van der Waals surface area contributed by atoms with Crippen molar-refractivity contribution in [3.05, 3.63) is 0 Å². The van der Waals surface area contributed by atoms with Crippen LogP contribution in [0, 0.1) is 23.2 Å². The summed E-state index contributed by atoms with van der Waals surface area (Å²) in [6.45, 7) is 9.16. The van der Waals surface area contributed by atoms with Gasteiger partial charge in [0.15, 0.2) is 0 Å². The van der Waals surface area contributed by atoms with Gasteiger partial charge in [0.2, 0.25) is 0 Å². The molecular weight excluding hydrogens is 220 g/mol. The molecule has 4 heteroatoms. The summed E-state index contributed by atoms with van der Waals surface area (Å²) in [7, 11) is 0. The van der Waals surface area contributed by atoms with Gasteiger partial charge >= 0.3 is 11.9 Å². The summed E-state index contributed by atoms with van der Waals surface area (Å²) in [5.74, 6) is -0.961. The lowest BCUT2D eigenvalue weighted by Gasteiger charge is -2.55. The fraction of sp³-hybridized carbons (Fsp3) is 0.846. The smallest absolute Gasteiger partial charge is 0.306 e. The van der Waals surface area contributed by atoms with Crippen LogP contribution >= 0.6 is 0 Å². The molecule has 0 radical (unpaired) electrons. The molecule has 1 aliphatic rings. The highest BCUT2D eigenvalue weighted by molar-refractivity contribution is 5.70. The summed E-state index contributed by atoms with van der Waals surface area (Å²) >= 11 is 0. The third-order valence-corrected chi connectivity index (χ3v) is 4.33. The van der Waals surface area contributed by atoms with Crippen molar-refractivity contribution in [1.82, 2.24) is 0 Å². The van der Waals surface area contributed by atoms with E-state index in [4.69, 9.17) is 9.84 Å². The average molecular weight is 242 g/mol. The van der Waals surface area contributed by atoms with Crippen molar-refractivity contribution in [1.29, 1.82) is 0 Å². The second-order valence-corrected chi connectivity index (χ2v) is 5.71. The summed E-state index contributed by atoms with van der Waals surface area (Å²) in [4.78, 5) is 21.9. The van der Waals surface area contributed by atoms with Crippen LogP contribution in [0.25, 0.3) is 0 Å². The third kappa shape index (κ3) is 2.61. The van der Waals surface area contributed by atoms with Crippen molar-refractivity contribution in [3.63, 3.8) is 0 Å². The normalized spacial score (nSPS) is 29.9. The minimum absolute atomic E-state index is 0.0906. The van der Waals surface area contributed by atoms with Gasteiger partial charge in [0.25, 0.3) is 0 Å². The van der Waals surface area contributed by atoms with E-state index in [9.17, 15) is 9.59 Å². The summed E-state index contributed by atoms with van der Waals surface area (Å²) < 4.78 is 5.19. The lowest BCUT2D eigenvalue weighted by Crippen LogP contribution is -2.54. The zero-order valence-electron chi connectivity index (χ0n) is 11.2. The van der Waals surface area contributed by atoms with Gasteiger partial charge < -0.3 is 9.84 Å². The minimum atomic E-state index is -0.748.